The highest BCUT2D eigenvalue weighted by Gasteiger charge is 2.25. The largest absolute Gasteiger partial charge is 0.386 e. The fourth-order valence-corrected chi connectivity index (χ4v) is 2.39. The molecule has 0 aromatic heterocycles. The van der Waals surface area contributed by atoms with Crippen molar-refractivity contribution in [1.29, 1.82) is 0 Å². The molecule has 80 valence electrons. The molecule has 1 saturated heterocycles. The Morgan fingerprint density at radius 2 is 2.21 bits per heavy atom. The van der Waals surface area contributed by atoms with Gasteiger partial charge < -0.3 is 9.84 Å². The maximum absolute atomic E-state index is 10.1. The second-order valence-corrected chi connectivity index (χ2v) is 4.37. The van der Waals surface area contributed by atoms with E-state index in [1.165, 1.54) is 24.8 Å². The number of ether oxygens (including phenoxy) is 1. The molecule has 0 spiro atoms. The molecule has 0 saturated carbocycles. The Kier molecular flexibility index (Phi) is 3.60. The first kappa shape index (κ1) is 10.2. The Bertz CT molecular complexity index is 204. The van der Waals surface area contributed by atoms with Gasteiger partial charge in [-0.15, -0.1) is 0 Å². The van der Waals surface area contributed by atoms with Crippen LogP contribution in [0.15, 0.2) is 11.6 Å². The van der Waals surface area contributed by atoms with E-state index >= 15 is 0 Å². The zero-order valence-corrected chi connectivity index (χ0v) is 8.74. The van der Waals surface area contributed by atoms with Crippen LogP contribution in [0, 0.1) is 0 Å². The van der Waals surface area contributed by atoms with Gasteiger partial charge in [0.05, 0.1) is 6.10 Å². The number of hydrogen-bond donors (Lipinski definition) is 1. The van der Waals surface area contributed by atoms with Gasteiger partial charge in [-0.3, -0.25) is 0 Å². The summed E-state index contributed by atoms with van der Waals surface area (Å²) in [5.74, 6) is 0. The van der Waals surface area contributed by atoms with E-state index in [0.29, 0.717) is 0 Å². The van der Waals surface area contributed by atoms with Gasteiger partial charge in [0.15, 0.2) is 0 Å². The van der Waals surface area contributed by atoms with Crippen molar-refractivity contribution >= 4 is 0 Å². The fourth-order valence-electron chi connectivity index (χ4n) is 2.39. The summed E-state index contributed by atoms with van der Waals surface area (Å²) in [7, 11) is 0. The van der Waals surface area contributed by atoms with Crippen molar-refractivity contribution in [3.63, 3.8) is 0 Å². The van der Waals surface area contributed by atoms with Gasteiger partial charge in [0, 0.05) is 6.61 Å². The lowest BCUT2D eigenvalue weighted by Gasteiger charge is -2.29. The molecule has 2 aliphatic rings. The molecule has 0 aromatic carbocycles. The van der Waals surface area contributed by atoms with Gasteiger partial charge >= 0.3 is 0 Å². The van der Waals surface area contributed by atoms with E-state index in [0.717, 1.165) is 32.3 Å². The first-order chi connectivity index (χ1) is 6.88. The maximum Gasteiger partial charge on any atom is 0.101 e. The quantitative estimate of drug-likeness (QED) is 0.687. The van der Waals surface area contributed by atoms with Gasteiger partial charge in [-0.2, -0.15) is 0 Å². The Morgan fingerprint density at radius 3 is 2.86 bits per heavy atom. The zero-order valence-electron chi connectivity index (χ0n) is 8.74. The molecular formula is C12H20O2. The van der Waals surface area contributed by atoms with Crippen LogP contribution >= 0.6 is 0 Å². The van der Waals surface area contributed by atoms with Crippen LogP contribution in [0.5, 0.6) is 0 Å². The molecular weight excluding hydrogens is 176 g/mol. The van der Waals surface area contributed by atoms with Crippen molar-refractivity contribution in [3.8, 4) is 0 Å². The van der Waals surface area contributed by atoms with E-state index in [4.69, 9.17) is 4.74 Å². The van der Waals surface area contributed by atoms with E-state index in [1.807, 2.05) is 0 Å². The third kappa shape index (κ3) is 2.37. The number of aliphatic hydroxyl groups is 1. The molecule has 2 heteroatoms. The third-order valence-corrected chi connectivity index (χ3v) is 3.27. The van der Waals surface area contributed by atoms with Gasteiger partial charge in [-0.05, 0) is 50.5 Å². The molecule has 0 radical (unpaired) electrons. The van der Waals surface area contributed by atoms with Crippen LogP contribution in [0.3, 0.4) is 0 Å². The minimum Gasteiger partial charge on any atom is -0.386 e. The molecule has 1 heterocycles. The number of allylic oxidation sites excluding steroid dienone is 1. The van der Waals surface area contributed by atoms with Gasteiger partial charge in [-0.25, -0.2) is 0 Å². The second-order valence-electron chi connectivity index (χ2n) is 4.37. The van der Waals surface area contributed by atoms with Crippen molar-refractivity contribution < 1.29 is 9.84 Å². The van der Waals surface area contributed by atoms with Crippen molar-refractivity contribution in [2.24, 2.45) is 0 Å². The predicted molar refractivity (Wildman–Crippen MR) is 56.1 cm³/mol. The lowest BCUT2D eigenvalue weighted by molar-refractivity contribution is -0.0494. The van der Waals surface area contributed by atoms with Crippen molar-refractivity contribution in [3.05, 3.63) is 11.6 Å². The van der Waals surface area contributed by atoms with Crippen LogP contribution in [0.4, 0.5) is 0 Å². The van der Waals surface area contributed by atoms with Gasteiger partial charge in [0.2, 0.25) is 0 Å². The molecule has 14 heavy (non-hydrogen) atoms. The number of hydrogen-bond acceptors (Lipinski definition) is 2. The van der Waals surface area contributed by atoms with E-state index in [-0.39, 0.29) is 12.2 Å². The zero-order chi connectivity index (χ0) is 9.80. The molecule has 1 N–H and O–H groups in total. The molecule has 1 aliphatic carbocycles. The highest BCUT2D eigenvalue weighted by atomic mass is 16.5. The lowest BCUT2D eigenvalue weighted by atomic mass is 9.90. The minimum absolute atomic E-state index is 0.0769. The van der Waals surface area contributed by atoms with Crippen LogP contribution in [-0.4, -0.2) is 23.9 Å². The summed E-state index contributed by atoms with van der Waals surface area (Å²) in [5, 5.41) is 10.1. The van der Waals surface area contributed by atoms with Crippen molar-refractivity contribution in [1.82, 2.24) is 0 Å². The van der Waals surface area contributed by atoms with Gasteiger partial charge in [0.25, 0.3) is 0 Å². The first-order valence-corrected chi connectivity index (χ1v) is 5.86. The number of aliphatic hydroxyl groups excluding tert-OH is 1. The Hall–Kier alpha value is -0.340. The normalized spacial score (nSPS) is 30.9. The topological polar surface area (TPSA) is 29.5 Å². The predicted octanol–water partition coefficient (Wildman–Crippen LogP) is 2.42. The van der Waals surface area contributed by atoms with Crippen LogP contribution in [0.2, 0.25) is 0 Å². The summed E-state index contributed by atoms with van der Waals surface area (Å²) in [6, 6.07) is 0. The van der Waals surface area contributed by atoms with Crippen LogP contribution in [0.1, 0.15) is 44.9 Å². The molecule has 1 fully saturated rings. The average Bonchev–Trinajstić information content (AvgIpc) is 2.30. The fraction of sp³-hybridized carbons (Fsp3) is 0.833. The van der Waals surface area contributed by atoms with Gasteiger partial charge in [0.1, 0.15) is 6.10 Å². The highest BCUT2D eigenvalue weighted by Crippen LogP contribution is 2.26. The Balaban J connectivity index is 1.91. The van der Waals surface area contributed by atoms with Gasteiger partial charge in [-0.1, -0.05) is 6.08 Å². The average molecular weight is 196 g/mol. The van der Waals surface area contributed by atoms with E-state index < -0.39 is 0 Å². The van der Waals surface area contributed by atoms with Crippen LogP contribution in [-0.2, 0) is 4.74 Å². The second kappa shape index (κ2) is 4.94. The first-order valence-electron chi connectivity index (χ1n) is 5.86. The van der Waals surface area contributed by atoms with Crippen molar-refractivity contribution in [2.45, 2.75) is 57.2 Å². The SMILES string of the molecule is OC(C1=CCCCC1)C1CCCCO1. The molecule has 0 aromatic rings. The Labute approximate surface area is 86.0 Å². The summed E-state index contributed by atoms with van der Waals surface area (Å²) in [5.41, 5.74) is 1.23. The standard InChI is InChI=1S/C12H20O2/c13-12(10-6-2-1-3-7-10)11-8-4-5-9-14-11/h6,11-13H,1-5,7-9H2. The van der Waals surface area contributed by atoms with E-state index in [2.05, 4.69) is 6.08 Å². The van der Waals surface area contributed by atoms with Crippen LogP contribution in [0.25, 0.3) is 0 Å². The number of rotatable bonds is 2. The van der Waals surface area contributed by atoms with Crippen LogP contribution < -0.4 is 0 Å². The Morgan fingerprint density at radius 1 is 1.29 bits per heavy atom. The monoisotopic (exact) mass is 196 g/mol. The van der Waals surface area contributed by atoms with Crippen molar-refractivity contribution in [2.75, 3.05) is 6.61 Å². The summed E-state index contributed by atoms with van der Waals surface area (Å²) >= 11 is 0. The highest BCUT2D eigenvalue weighted by molar-refractivity contribution is 5.12. The molecule has 2 unspecified atom stereocenters. The smallest absolute Gasteiger partial charge is 0.101 e. The molecule has 1 aliphatic heterocycles. The molecule has 2 nitrogen and oxygen atoms in total. The van der Waals surface area contributed by atoms with E-state index in [1.54, 1.807) is 0 Å². The summed E-state index contributed by atoms with van der Waals surface area (Å²) < 4.78 is 5.60. The molecule has 2 atom stereocenters. The summed E-state index contributed by atoms with van der Waals surface area (Å²) in [6.45, 7) is 0.828. The molecule has 0 amide bonds. The third-order valence-electron chi connectivity index (χ3n) is 3.27. The maximum atomic E-state index is 10.1. The lowest BCUT2D eigenvalue weighted by Crippen LogP contribution is -2.34. The molecule has 2 rings (SSSR count). The van der Waals surface area contributed by atoms with E-state index in [9.17, 15) is 5.11 Å². The summed E-state index contributed by atoms with van der Waals surface area (Å²) in [6.07, 6.45) is 10.1. The molecule has 0 bridgehead atoms. The minimum atomic E-state index is -0.324. The summed E-state index contributed by atoms with van der Waals surface area (Å²) in [4.78, 5) is 0.